The van der Waals surface area contributed by atoms with E-state index >= 15 is 0 Å². The first kappa shape index (κ1) is 27.3. The van der Waals surface area contributed by atoms with Crippen molar-refractivity contribution in [1.82, 2.24) is 29.6 Å². The predicted octanol–water partition coefficient (Wildman–Crippen LogP) is 3.95. The van der Waals surface area contributed by atoms with Crippen LogP contribution in [0.3, 0.4) is 0 Å². The lowest BCUT2D eigenvalue weighted by atomic mass is 9.97. The maximum absolute atomic E-state index is 12.6. The van der Waals surface area contributed by atoms with Gasteiger partial charge in [0.05, 0.1) is 17.7 Å². The van der Waals surface area contributed by atoms with Crippen LogP contribution >= 0.6 is 11.6 Å². The number of carbonyl (C=O) groups excluding carboxylic acids is 1. The predicted molar refractivity (Wildman–Crippen MR) is 149 cm³/mol. The maximum atomic E-state index is 12.6. The van der Waals surface area contributed by atoms with E-state index < -0.39 is 16.0 Å². The smallest absolute Gasteiger partial charge is 0.355 e. The molecule has 0 saturated carbocycles. The number of hydrogen-bond donors (Lipinski definition) is 2. The number of H-pyrrole nitrogens is 1. The molecule has 0 spiro atoms. The molecule has 1 aliphatic heterocycles. The number of hydrogen-bond acceptors (Lipinski definition) is 7. The van der Waals surface area contributed by atoms with Crippen molar-refractivity contribution in [2.24, 2.45) is 5.92 Å². The van der Waals surface area contributed by atoms with Crippen LogP contribution in [0.15, 0.2) is 59.6 Å². The molecule has 12 heteroatoms. The Labute approximate surface area is 232 Å². The summed E-state index contributed by atoms with van der Waals surface area (Å²) in [4.78, 5) is 18.3. The Morgan fingerprint density at radius 1 is 1.15 bits per heavy atom. The summed E-state index contributed by atoms with van der Waals surface area (Å²) in [5.41, 5.74) is 2.55. The zero-order valence-electron chi connectivity index (χ0n) is 21.6. The first-order chi connectivity index (χ1) is 18.8. The first-order valence-corrected chi connectivity index (χ1v) is 14.9. The van der Waals surface area contributed by atoms with Gasteiger partial charge in [0.1, 0.15) is 11.4 Å². The highest BCUT2D eigenvalue weighted by molar-refractivity contribution is 7.89. The van der Waals surface area contributed by atoms with Crippen molar-refractivity contribution in [3.05, 3.63) is 65.4 Å². The van der Waals surface area contributed by atoms with Crippen LogP contribution in [0.5, 0.6) is 0 Å². The Hall–Kier alpha value is -3.25. The van der Waals surface area contributed by atoms with Crippen molar-refractivity contribution in [2.45, 2.75) is 31.2 Å². The Kier molecular flexibility index (Phi) is 8.31. The molecule has 2 aromatic carbocycles. The highest BCUT2D eigenvalue weighted by Crippen LogP contribution is 2.32. The van der Waals surface area contributed by atoms with Gasteiger partial charge in [-0.25, -0.2) is 17.9 Å². The van der Waals surface area contributed by atoms with E-state index in [-0.39, 0.29) is 11.5 Å². The molecule has 0 amide bonds. The SMILES string of the molecule is CCOC(=O)c1[nH]c2ccccc2c1-c1cn(CC2CCN(CCNS(=O)(=O)c3ccc(Cl)cc3)CC2)nn1. The molecule has 1 saturated heterocycles. The van der Waals surface area contributed by atoms with Crippen molar-refractivity contribution in [3.63, 3.8) is 0 Å². The fourth-order valence-electron chi connectivity index (χ4n) is 4.96. The molecular weight excluding hydrogens is 540 g/mol. The Morgan fingerprint density at radius 3 is 2.64 bits per heavy atom. The molecule has 206 valence electrons. The third-order valence-corrected chi connectivity index (χ3v) is 8.71. The number of likely N-dealkylation sites (tertiary alicyclic amines) is 1. The lowest BCUT2D eigenvalue weighted by molar-refractivity contribution is 0.0521. The maximum Gasteiger partial charge on any atom is 0.355 e. The fourth-order valence-corrected chi connectivity index (χ4v) is 6.11. The monoisotopic (exact) mass is 570 g/mol. The van der Waals surface area contributed by atoms with E-state index in [1.54, 1.807) is 19.1 Å². The molecule has 1 fully saturated rings. The molecule has 10 nitrogen and oxygen atoms in total. The third kappa shape index (κ3) is 6.33. The minimum absolute atomic E-state index is 0.208. The second kappa shape index (κ2) is 11.9. The number of ether oxygens (including phenoxy) is 1. The van der Waals surface area contributed by atoms with E-state index in [2.05, 4.69) is 24.9 Å². The van der Waals surface area contributed by atoms with Crippen LogP contribution in [-0.4, -0.2) is 72.1 Å². The zero-order chi connectivity index (χ0) is 27.4. The molecule has 3 heterocycles. The van der Waals surface area contributed by atoms with Gasteiger partial charge >= 0.3 is 5.97 Å². The van der Waals surface area contributed by atoms with Gasteiger partial charge in [0.2, 0.25) is 10.0 Å². The van der Waals surface area contributed by atoms with Gasteiger partial charge in [-0.15, -0.1) is 5.10 Å². The third-order valence-electron chi connectivity index (χ3n) is 6.98. The van der Waals surface area contributed by atoms with Crippen molar-refractivity contribution >= 4 is 38.5 Å². The molecule has 0 atom stereocenters. The van der Waals surface area contributed by atoms with E-state index in [1.165, 1.54) is 12.1 Å². The van der Waals surface area contributed by atoms with Crippen LogP contribution in [-0.2, 0) is 21.3 Å². The number of piperidine rings is 1. The summed E-state index contributed by atoms with van der Waals surface area (Å²) in [7, 11) is -3.56. The number of nitrogens with zero attached hydrogens (tertiary/aromatic N) is 4. The number of aromatic amines is 1. The Morgan fingerprint density at radius 2 is 1.90 bits per heavy atom. The standard InChI is InChI=1S/C27H31ClN6O4S/c1-2-38-27(35)26-25(22-5-3-4-6-23(22)30-26)24-18-34(32-31-24)17-19-11-14-33(15-12-19)16-13-29-39(36,37)21-9-7-20(28)8-10-21/h3-10,18-19,29-30H,2,11-17H2,1H3. The van der Waals surface area contributed by atoms with Gasteiger partial charge in [-0.3, -0.25) is 4.68 Å². The number of halogens is 1. The largest absolute Gasteiger partial charge is 0.461 e. The number of benzene rings is 2. The highest BCUT2D eigenvalue weighted by Gasteiger charge is 2.24. The number of carbonyl (C=O) groups is 1. The summed E-state index contributed by atoms with van der Waals surface area (Å²) in [6, 6.07) is 13.8. The van der Waals surface area contributed by atoms with Crippen LogP contribution < -0.4 is 4.72 Å². The van der Waals surface area contributed by atoms with Crippen molar-refractivity contribution in [3.8, 4) is 11.3 Å². The second-order valence-electron chi connectivity index (χ2n) is 9.60. The van der Waals surface area contributed by atoms with Gasteiger partial charge in [-0.05, 0) is 69.1 Å². The van der Waals surface area contributed by atoms with Gasteiger partial charge in [0, 0.05) is 41.1 Å². The molecule has 0 unspecified atom stereocenters. The topological polar surface area (TPSA) is 122 Å². The fraction of sp³-hybridized carbons (Fsp3) is 0.370. The number of sulfonamides is 1. The zero-order valence-corrected chi connectivity index (χ0v) is 23.2. The van der Waals surface area contributed by atoms with Crippen LogP contribution in [0.1, 0.15) is 30.3 Å². The number of aromatic nitrogens is 4. The number of fused-ring (bicyclic) bond motifs is 1. The Balaban J connectivity index is 1.16. The van der Waals surface area contributed by atoms with Crippen LogP contribution in [0.4, 0.5) is 0 Å². The number of rotatable bonds is 10. The average molecular weight is 571 g/mol. The van der Waals surface area contributed by atoms with E-state index in [1.807, 2.05) is 35.1 Å². The molecule has 0 aliphatic carbocycles. The molecule has 4 aromatic rings. The van der Waals surface area contributed by atoms with Crippen LogP contribution in [0, 0.1) is 5.92 Å². The van der Waals surface area contributed by atoms with E-state index in [4.69, 9.17) is 16.3 Å². The van der Waals surface area contributed by atoms with Gasteiger partial charge in [-0.2, -0.15) is 0 Å². The van der Waals surface area contributed by atoms with Crippen molar-refractivity contribution < 1.29 is 17.9 Å². The molecule has 1 aliphatic rings. The van der Waals surface area contributed by atoms with E-state index in [0.29, 0.717) is 41.0 Å². The molecule has 39 heavy (non-hydrogen) atoms. The number of esters is 1. The van der Waals surface area contributed by atoms with Gasteiger partial charge < -0.3 is 14.6 Å². The summed E-state index contributed by atoms with van der Waals surface area (Å²) in [5.74, 6) is 0.00938. The summed E-state index contributed by atoms with van der Waals surface area (Å²) in [6.45, 7) is 5.53. The van der Waals surface area contributed by atoms with Gasteiger partial charge in [-0.1, -0.05) is 35.0 Å². The normalized spacial score (nSPS) is 15.1. The summed E-state index contributed by atoms with van der Waals surface area (Å²) in [5, 5.41) is 10.1. The molecule has 0 bridgehead atoms. The summed E-state index contributed by atoms with van der Waals surface area (Å²) >= 11 is 5.86. The molecule has 5 rings (SSSR count). The van der Waals surface area contributed by atoms with Crippen LogP contribution in [0.25, 0.3) is 22.2 Å². The van der Waals surface area contributed by atoms with Crippen molar-refractivity contribution in [1.29, 1.82) is 0 Å². The Bertz CT molecular complexity index is 1540. The number of nitrogens with one attached hydrogen (secondary N) is 2. The number of para-hydroxylation sites is 1. The van der Waals surface area contributed by atoms with Gasteiger partial charge in [0.25, 0.3) is 0 Å². The average Bonchev–Trinajstić information content (AvgIpc) is 3.54. The van der Waals surface area contributed by atoms with Gasteiger partial charge in [0.15, 0.2) is 0 Å². The molecule has 2 aromatic heterocycles. The lowest BCUT2D eigenvalue weighted by Gasteiger charge is -2.31. The molecule has 0 radical (unpaired) electrons. The molecular formula is C27H31ClN6O4S. The van der Waals surface area contributed by atoms with Crippen molar-refractivity contribution in [2.75, 3.05) is 32.8 Å². The van der Waals surface area contributed by atoms with E-state index in [9.17, 15) is 13.2 Å². The second-order valence-corrected chi connectivity index (χ2v) is 11.8. The first-order valence-electron chi connectivity index (χ1n) is 13.0. The minimum atomic E-state index is -3.56. The minimum Gasteiger partial charge on any atom is -0.461 e. The summed E-state index contributed by atoms with van der Waals surface area (Å²) < 4.78 is 34.7. The van der Waals surface area contributed by atoms with E-state index in [0.717, 1.165) is 43.4 Å². The lowest BCUT2D eigenvalue weighted by Crippen LogP contribution is -2.40. The molecule has 2 N–H and O–H groups in total. The van der Waals surface area contributed by atoms with Crippen LogP contribution in [0.2, 0.25) is 5.02 Å². The summed E-state index contributed by atoms with van der Waals surface area (Å²) in [6.07, 6.45) is 3.83. The highest BCUT2D eigenvalue weighted by atomic mass is 35.5. The quantitative estimate of drug-likeness (QED) is 0.277.